The van der Waals surface area contributed by atoms with Gasteiger partial charge < -0.3 is 9.13 Å². The molecule has 17 rings (SSSR count). The zero-order valence-electron chi connectivity index (χ0n) is 54.1. The maximum atomic E-state index is 9.43. The standard InChI is InChI=1S/C76H44N6S2/c1-77-60-45-59(76-79-74(49-27-13-5-14-28-49)78-75(80-76)50-29-15-6-16-30-50)70(81-61-39-35-51(46-21-7-2-8-22-46)43-57(61)68-63(81)41-37-55-53-31-17-19-33-65(53)83-72(55)68)71(67(60)48-25-11-4-12-26-48)82-62-40-36-52(47-23-9-3-10-24-47)44-58(62)69-64(82)42-38-56-54-32-18-20-34-66(54)84-73(56)69/h2-45H/i5D,6D,13D,14D,15D,16D,27D,28D,29D,30D. The number of rotatable bonds is 8. The van der Waals surface area contributed by atoms with Crippen LogP contribution in [0.25, 0.3) is 168 Å². The van der Waals surface area contributed by atoms with E-state index >= 15 is 0 Å². The third-order valence-electron chi connectivity index (χ3n) is 16.0. The Morgan fingerprint density at radius 3 is 1.27 bits per heavy atom. The molecule has 390 valence electrons. The first-order chi connectivity index (χ1) is 45.8. The van der Waals surface area contributed by atoms with Crippen LogP contribution >= 0.6 is 22.7 Å². The van der Waals surface area contributed by atoms with E-state index in [9.17, 15) is 12.1 Å². The molecule has 0 radical (unpaired) electrons. The molecule has 8 heteroatoms. The Labute approximate surface area is 504 Å². The van der Waals surface area contributed by atoms with Crippen LogP contribution in [-0.2, 0) is 0 Å². The lowest BCUT2D eigenvalue weighted by Crippen LogP contribution is -2.10. The Balaban J connectivity index is 1.13. The van der Waals surface area contributed by atoms with Gasteiger partial charge >= 0.3 is 0 Å². The van der Waals surface area contributed by atoms with E-state index in [-0.39, 0.29) is 17.1 Å². The van der Waals surface area contributed by atoms with E-state index in [0.717, 1.165) is 106 Å². The summed E-state index contributed by atoms with van der Waals surface area (Å²) in [6, 6.07) is 63.6. The molecule has 84 heavy (non-hydrogen) atoms. The summed E-state index contributed by atoms with van der Waals surface area (Å²) in [7, 11) is 0. The zero-order chi connectivity index (χ0) is 64.1. The van der Waals surface area contributed by atoms with E-state index in [0.29, 0.717) is 22.5 Å². The Hall–Kier alpha value is -10.8. The number of hydrogen-bond donors (Lipinski definition) is 0. The quantitative estimate of drug-likeness (QED) is 0.143. The van der Waals surface area contributed by atoms with Crippen molar-refractivity contribution in [1.82, 2.24) is 24.1 Å². The smallest absolute Gasteiger partial charge is 0.197 e. The van der Waals surface area contributed by atoms with Crippen LogP contribution in [-0.4, -0.2) is 24.1 Å². The maximum Gasteiger partial charge on any atom is 0.197 e. The molecule has 0 aliphatic carbocycles. The van der Waals surface area contributed by atoms with Crippen LogP contribution in [0.1, 0.15) is 13.7 Å². The van der Waals surface area contributed by atoms with Gasteiger partial charge in [0, 0.05) is 84.1 Å². The van der Waals surface area contributed by atoms with Gasteiger partial charge in [-0.05, 0) is 82.4 Å². The van der Waals surface area contributed by atoms with Crippen LogP contribution in [0.4, 0.5) is 5.69 Å². The van der Waals surface area contributed by atoms with Crippen molar-refractivity contribution in [2.24, 2.45) is 0 Å². The molecule has 0 unspecified atom stereocenters. The number of hydrogen-bond acceptors (Lipinski definition) is 5. The first-order valence-corrected chi connectivity index (χ1v) is 28.8. The Kier molecular flexibility index (Phi) is 8.84. The largest absolute Gasteiger partial charge is 0.308 e. The van der Waals surface area contributed by atoms with Crippen molar-refractivity contribution in [3.8, 4) is 78.9 Å². The number of fused-ring (bicyclic) bond motifs is 14. The van der Waals surface area contributed by atoms with E-state index < -0.39 is 83.2 Å². The summed E-state index contributed by atoms with van der Waals surface area (Å²) in [5.41, 5.74) is 8.82. The molecule has 5 aromatic heterocycles. The molecule has 0 spiro atoms. The minimum Gasteiger partial charge on any atom is -0.308 e. The molecule has 5 heterocycles. The Morgan fingerprint density at radius 1 is 0.357 bits per heavy atom. The summed E-state index contributed by atoms with van der Waals surface area (Å²) < 4.78 is 99.2. The van der Waals surface area contributed by atoms with Gasteiger partial charge in [-0.2, -0.15) is 0 Å². The molecule has 0 N–H and O–H groups in total. The van der Waals surface area contributed by atoms with Crippen molar-refractivity contribution in [2.45, 2.75) is 0 Å². The summed E-state index contributed by atoms with van der Waals surface area (Å²) in [5.74, 6) is -1.07. The lowest BCUT2D eigenvalue weighted by atomic mass is 9.95. The molecule has 17 aromatic rings. The van der Waals surface area contributed by atoms with Gasteiger partial charge in [-0.25, -0.2) is 19.8 Å². The van der Waals surface area contributed by atoms with Gasteiger partial charge in [0.05, 0.1) is 53.7 Å². The summed E-state index contributed by atoms with van der Waals surface area (Å²) in [5, 5.41) is 8.08. The predicted octanol–water partition coefficient (Wildman–Crippen LogP) is 21.4. The zero-order valence-corrected chi connectivity index (χ0v) is 45.8. The van der Waals surface area contributed by atoms with E-state index in [2.05, 4.69) is 135 Å². The van der Waals surface area contributed by atoms with Crippen LogP contribution in [0.3, 0.4) is 0 Å². The van der Waals surface area contributed by atoms with Crippen molar-refractivity contribution < 1.29 is 13.7 Å². The van der Waals surface area contributed by atoms with Crippen molar-refractivity contribution in [3.05, 3.63) is 278 Å². The molecule has 0 amide bonds. The molecular formula is C76H44N6S2. The third kappa shape index (κ3) is 7.43. The highest BCUT2D eigenvalue weighted by atomic mass is 32.1. The van der Waals surface area contributed by atoms with Gasteiger partial charge in [-0.1, -0.05) is 212 Å². The minimum absolute atomic E-state index is 0.159. The fourth-order valence-corrected chi connectivity index (χ4v) is 14.9. The van der Waals surface area contributed by atoms with Gasteiger partial charge in [0.2, 0.25) is 0 Å². The van der Waals surface area contributed by atoms with Crippen molar-refractivity contribution in [2.75, 3.05) is 0 Å². The molecule has 0 fully saturated rings. The third-order valence-corrected chi connectivity index (χ3v) is 18.4. The highest BCUT2D eigenvalue weighted by Crippen LogP contribution is 2.53. The van der Waals surface area contributed by atoms with Gasteiger partial charge in [0.25, 0.3) is 0 Å². The lowest BCUT2D eigenvalue weighted by Gasteiger charge is -2.25. The summed E-state index contributed by atoms with van der Waals surface area (Å²) in [6.07, 6.45) is 0. The average Bonchev–Trinajstić information content (AvgIpc) is 1.51. The second-order valence-electron chi connectivity index (χ2n) is 20.5. The Bertz CT molecular complexity index is 6050. The van der Waals surface area contributed by atoms with E-state index in [1.807, 2.05) is 78.9 Å². The molecule has 6 nitrogen and oxygen atoms in total. The fourth-order valence-electron chi connectivity index (χ4n) is 12.4. The Morgan fingerprint density at radius 2 is 0.786 bits per heavy atom. The molecule has 0 aliphatic rings. The molecule has 0 atom stereocenters. The van der Waals surface area contributed by atoms with Crippen LogP contribution < -0.4 is 0 Å². The predicted molar refractivity (Wildman–Crippen MR) is 353 cm³/mol. The summed E-state index contributed by atoms with van der Waals surface area (Å²) in [6.45, 7) is 9.43. The van der Waals surface area contributed by atoms with Crippen LogP contribution in [0, 0.1) is 6.57 Å². The molecule has 0 aliphatic heterocycles. The number of nitrogens with zero attached hydrogens (tertiary/aromatic N) is 6. The number of benzene rings is 12. The molecular weight excluding hydrogens is 1060 g/mol. The van der Waals surface area contributed by atoms with Crippen LogP contribution in [0.5, 0.6) is 0 Å². The molecule has 0 bridgehead atoms. The molecule has 12 aromatic carbocycles. The first-order valence-electron chi connectivity index (χ1n) is 32.2. The second-order valence-corrected chi connectivity index (χ2v) is 22.6. The van der Waals surface area contributed by atoms with Crippen LogP contribution in [0.15, 0.2) is 267 Å². The van der Waals surface area contributed by atoms with Gasteiger partial charge in [0.1, 0.15) is 0 Å². The van der Waals surface area contributed by atoms with Crippen molar-refractivity contribution in [3.63, 3.8) is 0 Å². The van der Waals surface area contributed by atoms with Crippen molar-refractivity contribution >= 4 is 112 Å². The van der Waals surface area contributed by atoms with Gasteiger partial charge in [-0.15, -0.1) is 22.7 Å². The van der Waals surface area contributed by atoms with Gasteiger partial charge in [-0.3, -0.25) is 0 Å². The maximum absolute atomic E-state index is 9.43. The van der Waals surface area contributed by atoms with E-state index in [1.54, 1.807) is 28.7 Å². The SMILES string of the molecule is [2H]c1c([2H])c([2H])c(-c2nc(-c3cc([N+]#[C-])c(-c4ccccc4)c(-n4c5ccc(-c6ccccc6)cc5c5c6sc7ccccc7c6ccc54)c3-n3c4ccc(-c5ccccc5)cc4c4c5sc6ccccc6c5ccc43)nc(-c3c([2H])c([2H])c([2H])c([2H])c3[2H])n2)c([2H])c1[2H]. The molecule has 0 saturated heterocycles. The van der Waals surface area contributed by atoms with E-state index in [4.69, 9.17) is 23.2 Å². The van der Waals surface area contributed by atoms with E-state index in [1.165, 1.54) is 0 Å². The number of thiophene rings is 2. The summed E-state index contributed by atoms with van der Waals surface area (Å²) in [4.78, 5) is 19.6. The monoisotopic (exact) mass is 1110 g/mol. The van der Waals surface area contributed by atoms with Crippen LogP contribution in [0.2, 0.25) is 0 Å². The normalized spacial score (nSPS) is 13.5. The highest BCUT2D eigenvalue weighted by molar-refractivity contribution is 7.27. The van der Waals surface area contributed by atoms with Gasteiger partial charge in [0.15, 0.2) is 23.2 Å². The topological polar surface area (TPSA) is 52.9 Å². The fraction of sp³-hybridized carbons (Fsp3) is 0. The lowest BCUT2D eigenvalue weighted by molar-refractivity contribution is 1.05. The average molecular weight is 1120 g/mol. The second kappa shape index (κ2) is 19.2. The van der Waals surface area contributed by atoms with Crippen molar-refractivity contribution in [1.29, 1.82) is 0 Å². The summed E-state index contributed by atoms with van der Waals surface area (Å²) >= 11 is 3.40. The highest BCUT2D eigenvalue weighted by Gasteiger charge is 2.31. The molecule has 0 saturated carbocycles. The minimum atomic E-state index is -0.671. The number of aromatic nitrogens is 5. The first kappa shape index (κ1) is 38.8.